The zero-order valence-electron chi connectivity index (χ0n) is 8.90. The van der Waals surface area contributed by atoms with E-state index in [9.17, 15) is 9.90 Å². The van der Waals surface area contributed by atoms with Gasteiger partial charge in [-0.15, -0.1) is 11.3 Å². The van der Waals surface area contributed by atoms with Crippen LogP contribution >= 0.6 is 27.3 Å². The average Bonchev–Trinajstić information content (AvgIpc) is 2.67. The van der Waals surface area contributed by atoms with Crippen LogP contribution in [0.25, 0.3) is 0 Å². The summed E-state index contributed by atoms with van der Waals surface area (Å²) in [5.74, 6) is -0.433. The summed E-state index contributed by atoms with van der Waals surface area (Å²) >= 11 is 4.63. The number of rotatable bonds is 2. The zero-order chi connectivity index (χ0) is 12.4. The molecule has 1 aromatic heterocycles. The Morgan fingerprint density at radius 1 is 1.53 bits per heavy atom. The Morgan fingerprint density at radius 3 is 2.94 bits per heavy atom. The highest BCUT2D eigenvalue weighted by atomic mass is 79.9. The maximum atomic E-state index is 11.9. The molecule has 1 aromatic carbocycles. The molecule has 6 heteroatoms. The van der Waals surface area contributed by atoms with Crippen LogP contribution in [-0.4, -0.2) is 16.0 Å². The van der Waals surface area contributed by atoms with Gasteiger partial charge in [0.1, 0.15) is 5.75 Å². The number of aromatic hydroxyl groups is 1. The fraction of sp³-hybridized carbons (Fsp3) is 0.0909. The Hall–Kier alpha value is -1.40. The standard InChI is InChI=1S/C11H9BrN2O2S/c1-6-5-13-11(17-6)14-10(16)8-4-7(12)2-3-9(8)15/h2-5,15H,1H3,(H,13,14,16). The lowest BCUT2D eigenvalue weighted by molar-refractivity contribution is 0.102. The molecule has 17 heavy (non-hydrogen) atoms. The lowest BCUT2D eigenvalue weighted by Crippen LogP contribution is -2.11. The number of phenols is 1. The number of benzene rings is 1. The molecule has 1 amide bonds. The van der Waals surface area contributed by atoms with Crippen molar-refractivity contribution in [1.29, 1.82) is 0 Å². The number of phenolic OH excluding ortho intramolecular Hbond substituents is 1. The van der Waals surface area contributed by atoms with Crippen LogP contribution in [0.3, 0.4) is 0 Å². The first-order valence-electron chi connectivity index (χ1n) is 4.78. The molecular formula is C11H9BrN2O2S. The fourth-order valence-electron chi connectivity index (χ4n) is 1.27. The van der Waals surface area contributed by atoms with E-state index in [1.54, 1.807) is 18.3 Å². The zero-order valence-corrected chi connectivity index (χ0v) is 11.3. The average molecular weight is 313 g/mol. The molecule has 2 rings (SSSR count). The summed E-state index contributed by atoms with van der Waals surface area (Å²) in [5, 5.41) is 12.7. The molecule has 0 atom stereocenters. The number of carbonyl (C=O) groups is 1. The number of hydrogen-bond acceptors (Lipinski definition) is 4. The summed E-state index contributed by atoms with van der Waals surface area (Å²) in [7, 11) is 0. The molecule has 0 saturated carbocycles. The van der Waals surface area contributed by atoms with Crippen molar-refractivity contribution in [2.24, 2.45) is 0 Å². The lowest BCUT2D eigenvalue weighted by Gasteiger charge is -2.04. The Kier molecular flexibility index (Phi) is 3.44. The van der Waals surface area contributed by atoms with E-state index in [2.05, 4.69) is 26.2 Å². The molecule has 0 fully saturated rings. The predicted molar refractivity (Wildman–Crippen MR) is 70.6 cm³/mol. The van der Waals surface area contributed by atoms with Crippen LogP contribution in [0.1, 0.15) is 15.2 Å². The van der Waals surface area contributed by atoms with Crippen LogP contribution in [0, 0.1) is 6.92 Å². The fourth-order valence-corrected chi connectivity index (χ4v) is 2.29. The second-order valence-electron chi connectivity index (χ2n) is 3.39. The van der Waals surface area contributed by atoms with E-state index < -0.39 is 0 Å². The number of hydrogen-bond donors (Lipinski definition) is 2. The van der Waals surface area contributed by atoms with Crippen LogP contribution in [0.4, 0.5) is 5.13 Å². The molecule has 2 aromatic rings. The molecule has 0 unspecified atom stereocenters. The van der Waals surface area contributed by atoms with Gasteiger partial charge in [0.25, 0.3) is 5.91 Å². The van der Waals surface area contributed by atoms with E-state index in [4.69, 9.17) is 0 Å². The smallest absolute Gasteiger partial charge is 0.261 e. The first-order chi connectivity index (χ1) is 8.06. The van der Waals surface area contributed by atoms with Gasteiger partial charge in [-0.25, -0.2) is 4.98 Å². The van der Waals surface area contributed by atoms with Gasteiger partial charge in [0.2, 0.25) is 0 Å². The van der Waals surface area contributed by atoms with Crippen molar-refractivity contribution in [2.75, 3.05) is 5.32 Å². The second kappa shape index (κ2) is 4.85. The SMILES string of the molecule is Cc1cnc(NC(=O)c2cc(Br)ccc2O)s1. The number of thiazole rings is 1. The molecule has 0 spiro atoms. The number of nitrogens with zero attached hydrogens (tertiary/aromatic N) is 1. The Bertz CT molecular complexity index is 568. The van der Waals surface area contributed by atoms with E-state index in [-0.39, 0.29) is 17.2 Å². The molecule has 4 nitrogen and oxygen atoms in total. The molecule has 0 radical (unpaired) electrons. The monoisotopic (exact) mass is 312 g/mol. The van der Waals surface area contributed by atoms with Crippen molar-refractivity contribution in [3.8, 4) is 5.75 Å². The van der Waals surface area contributed by atoms with Crippen LogP contribution in [0.5, 0.6) is 5.75 Å². The number of nitrogens with one attached hydrogen (secondary N) is 1. The van der Waals surface area contributed by atoms with E-state index in [1.165, 1.54) is 17.4 Å². The molecule has 2 N–H and O–H groups in total. The number of aromatic nitrogens is 1. The van der Waals surface area contributed by atoms with Crippen molar-refractivity contribution in [1.82, 2.24) is 4.98 Å². The highest BCUT2D eigenvalue weighted by Gasteiger charge is 2.13. The molecule has 1 heterocycles. The molecule has 0 aliphatic rings. The molecule has 88 valence electrons. The van der Waals surface area contributed by atoms with Gasteiger partial charge in [-0.3, -0.25) is 10.1 Å². The van der Waals surface area contributed by atoms with E-state index in [0.717, 1.165) is 9.35 Å². The van der Waals surface area contributed by atoms with Crippen LogP contribution < -0.4 is 5.32 Å². The van der Waals surface area contributed by atoms with Crippen molar-refractivity contribution < 1.29 is 9.90 Å². The number of amides is 1. The summed E-state index contributed by atoms with van der Waals surface area (Å²) in [6.07, 6.45) is 1.68. The number of halogens is 1. The van der Waals surface area contributed by atoms with Gasteiger partial charge in [0.05, 0.1) is 5.56 Å². The predicted octanol–water partition coefficient (Wildman–Crippen LogP) is 3.17. The Labute approximate surface area is 110 Å². The third-order valence-electron chi connectivity index (χ3n) is 2.04. The number of carbonyl (C=O) groups excluding carboxylic acids is 1. The van der Waals surface area contributed by atoms with E-state index in [1.807, 2.05) is 6.92 Å². The van der Waals surface area contributed by atoms with Crippen molar-refractivity contribution in [3.05, 3.63) is 39.3 Å². The van der Waals surface area contributed by atoms with Crippen LogP contribution in [0.2, 0.25) is 0 Å². The molecule has 0 bridgehead atoms. The summed E-state index contributed by atoms with van der Waals surface area (Å²) < 4.78 is 0.732. The molecule has 0 aliphatic heterocycles. The largest absolute Gasteiger partial charge is 0.507 e. The van der Waals surface area contributed by atoms with Gasteiger partial charge >= 0.3 is 0 Å². The summed E-state index contributed by atoms with van der Waals surface area (Å²) in [4.78, 5) is 16.9. The number of aryl methyl sites for hydroxylation is 1. The minimum atomic E-state index is -0.377. The van der Waals surface area contributed by atoms with E-state index >= 15 is 0 Å². The third-order valence-corrected chi connectivity index (χ3v) is 3.37. The summed E-state index contributed by atoms with van der Waals surface area (Å²) in [5.41, 5.74) is 0.215. The topological polar surface area (TPSA) is 62.2 Å². The van der Waals surface area contributed by atoms with Gasteiger partial charge < -0.3 is 5.11 Å². The highest BCUT2D eigenvalue weighted by Crippen LogP contribution is 2.24. The lowest BCUT2D eigenvalue weighted by atomic mass is 10.2. The quantitative estimate of drug-likeness (QED) is 0.895. The summed E-state index contributed by atoms with van der Waals surface area (Å²) in [6.45, 7) is 1.91. The van der Waals surface area contributed by atoms with Gasteiger partial charge in [0, 0.05) is 15.5 Å². The Balaban J connectivity index is 2.22. The van der Waals surface area contributed by atoms with Crippen molar-refractivity contribution in [2.45, 2.75) is 6.92 Å². The minimum absolute atomic E-state index is 0.0565. The van der Waals surface area contributed by atoms with E-state index in [0.29, 0.717) is 5.13 Å². The van der Waals surface area contributed by atoms with Gasteiger partial charge in [-0.2, -0.15) is 0 Å². The molecule has 0 aliphatic carbocycles. The van der Waals surface area contributed by atoms with Gasteiger partial charge in [-0.1, -0.05) is 15.9 Å². The van der Waals surface area contributed by atoms with Crippen molar-refractivity contribution >= 4 is 38.3 Å². The first-order valence-corrected chi connectivity index (χ1v) is 6.39. The minimum Gasteiger partial charge on any atom is -0.507 e. The van der Waals surface area contributed by atoms with Crippen molar-refractivity contribution in [3.63, 3.8) is 0 Å². The second-order valence-corrected chi connectivity index (χ2v) is 5.54. The number of anilines is 1. The maximum Gasteiger partial charge on any atom is 0.261 e. The van der Waals surface area contributed by atoms with Gasteiger partial charge in [0.15, 0.2) is 5.13 Å². The summed E-state index contributed by atoms with van der Waals surface area (Å²) in [6, 6.07) is 4.69. The third kappa shape index (κ3) is 2.83. The van der Waals surface area contributed by atoms with Crippen LogP contribution in [-0.2, 0) is 0 Å². The highest BCUT2D eigenvalue weighted by molar-refractivity contribution is 9.10. The first kappa shape index (κ1) is 12.1. The van der Waals surface area contributed by atoms with Crippen LogP contribution in [0.15, 0.2) is 28.9 Å². The molecular weight excluding hydrogens is 304 g/mol. The maximum absolute atomic E-state index is 11.9. The normalized spacial score (nSPS) is 10.2. The Morgan fingerprint density at radius 2 is 2.29 bits per heavy atom. The molecule has 0 saturated heterocycles. The van der Waals surface area contributed by atoms with Gasteiger partial charge in [-0.05, 0) is 25.1 Å².